The molecule has 24 heavy (non-hydrogen) atoms. The fourth-order valence-electron chi connectivity index (χ4n) is 3.10. The molecule has 128 valence electrons. The molecule has 0 spiro atoms. The highest BCUT2D eigenvalue weighted by Crippen LogP contribution is 2.26. The summed E-state index contributed by atoms with van der Waals surface area (Å²) in [5.41, 5.74) is 0. The summed E-state index contributed by atoms with van der Waals surface area (Å²) in [7, 11) is -3.60. The van der Waals surface area contributed by atoms with Crippen LogP contribution in [0, 0.1) is 0 Å². The molecule has 1 N–H and O–H groups in total. The van der Waals surface area contributed by atoms with Crippen LogP contribution in [0.1, 0.15) is 6.42 Å². The van der Waals surface area contributed by atoms with Crippen LogP contribution in [0.25, 0.3) is 10.8 Å². The second-order valence-corrected chi connectivity index (χ2v) is 7.81. The lowest BCUT2D eigenvalue weighted by Crippen LogP contribution is -2.36. The summed E-state index contributed by atoms with van der Waals surface area (Å²) >= 11 is 0. The normalized spacial score (nSPS) is 17.7. The largest absolute Gasteiger partial charge is 0.480 e. The Morgan fingerprint density at radius 3 is 2.54 bits per heavy atom. The minimum Gasteiger partial charge on any atom is -0.480 e. The van der Waals surface area contributed by atoms with Crippen molar-refractivity contribution < 1.29 is 18.3 Å². The number of carboxylic acids is 1. The van der Waals surface area contributed by atoms with Gasteiger partial charge in [0.15, 0.2) is 0 Å². The lowest BCUT2D eigenvalue weighted by Gasteiger charge is -2.21. The molecule has 0 unspecified atom stereocenters. The molecule has 6 nitrogen and oxygen atoms in total. The van der Waals surface area contributed by atoms with Crippen LogP contribution < -0.4 is 0 Å². The Morgan fingerprint density at radius 1 is 1.00 bits per heavy atom. The van der Waals surface area contributed by atoms with E-state index in [0.29, 0.717) is 42.9 Å². The third-order valence-corrected chi connectivity index (χ3v) is 6.23. The van der Waals surface area contributed by atoms with Gasteiger partial charge < -0.3 is 5.11 Å². The number of carbonyl (C=O) groups is 1. The summed E-state index contributed by atoms with van der Waals surface area (Å²) in [6.45, 7) is 1.67. The minimum absolute atomic E-state index is 0.0534. The second-order valence-electron chi connectivity index (χ2n) is 5.90. The summed E-state index contributed by atoms with van der Waals surface area (Å²) in [6.07, 6.45) is 0.622. The Hall–Kier alpha value is -1.96. The van der Waals surface area contributed by atoms with Gasteiger partial charge in [0, 0.05) is 31.6 Å². The van der Waals surface area contributed by atoms with Crippen molar-refractivity contribution in [3.8, 4) is 0 Å². The molecule has 0 aliphatic carbocycles. The smallest absolute Gasteiger partial charge is 0.317 e. The van der Waals surface area contributed by atoms with E-state index in [2.05, 4.69) is 0 Å². The molecule has 2 aromatic rings. The third kappa shape index (κ3) is 3.43. The molecule has 0 saturated carbocycles. The van der Waals surface area contributed by atoms with Crippen LogP contribution in [-0.4, -0.2) is 61.4 Å². The van der Waals surface area contributed by atoms with Crippen molar-refractivity contribution in [2.24, 2.45) is 0 Å². The zero-order chi connectivity index (χ0) is 17.2. The van der Waals surface area contributed by atoms with E-state index in [1.165, 1.54) is 4.31 Å². The average Bonchev–Trinajstić information content (AvgIpc) is 2.79. The first-order valence-electron chi connectivity index (χ1n) is 7.90. The van der Waals surface area contributed by atoms with Gasteiger partial charge in [-0.1, -0.05) is 36.4 Å². The molecule has 1 fully saturated rings. The average molecular weight is 348 g/mol. The van der Waals surface area contributed by atoms with Gasteiger partial charge in [-0.15, -0.1) is 0 Å². The van der Waals surface area contributed by atoms with Crippen LogP contribution >= 0.6 is 0 Å². The Kier molecular flexibility index (Phi) is 4.84. The van der Waals surface area contributed by atoms with Gasteiger partial charge in [-0.3, -0.25) is 9.69 Å². The van der Waals surface area contributed by atoms with Gasteiger partial charge in [0.1, 0.15) is 0 Å². The van der Waals surface area contributed by atoms with E-state index < -0.39 is 16.0 Å². The number of fused-ring (bicyclic) bond motifs is 1. The van der Waals surface area contributed by atoms with E-state index in [1.54, 1.807) is 17.0 Å². The van der Waals surface area contributed by atoms with E-state index in [4.69, 9.17) is 5.11 Å². The van der Waals surface area contributed by atoms with Gasteiger partial charge in [0.25, 0.3) is 0 Å². The first-order valence-corrected chi connectivity index (χ1v) is 9.34. The minimum atomic E-state index is -3.60. The number of carboxylic acid groups (broad SMARTS) is 1. The lowest BCUT2D eigenvalue weighted by atomic mass is 10.1. The van der Waals surface area contributed by atoms with E-state index in [1.807, 2.05) is 30.3 Å². The van der Waals surface area contributed by atoms with Crippen molar-refractivity contribution in [1.82, 2.24) is 9.21 Å². The molecule has 2 aromatic carbocycles. The van der Waals surface area contributed by atoms with Crippen molar-refractivity contribution in [3.63, 3.8) is 0 Å². The fraction of sp³-hybridized carbons (Fsp3) is 0.353. The number of nitrogens with zero attached hydrogens (tertiary/aromatic N) is 2. The molecule has 0 radical (unpaired) electrons. The van der Waals surface area contributed by atoms with Crippen molar-refractivity contribution in [2.75, 3.05) is 32.7 Å². The monoisotopic (exact) mass is 348 g/mol. The highest BCUT2D eigenvalue weighted by atomic mass is 32.2. The summed E-state index contributed by atoms with van der Waals surface area (Å²) in [4.78, 5) is 12.9. The first-order chi connectivity index (χ1) is 11.5. The maximum atomic E-state index is 13.1. The van der Waals surface area contributed by atoms with E-state index in [0.717, 1.165) is 5.39 Å². The molecular formula is C17H20N2O4S. The molecule has 0 atom stereocenters. The maximum absolute atomic E-state index is 13.1. The van der Waals surface area contributed by atoms with Gasteiger partial charge in [-0.05, 0) is 17.9 Å². The first kappa shape index (κ1) is 16.9. The van der Waals surface area contributed by atoms with Gasteiger partial charge >= 0.3 is 5.97 Å². The SMILES string of the molecule is O=C(O)CN1CCCN(S(=O)(=O)c2cccc3ccccc23)CC1. The van der Waals surface area contributed by atoms with Gasteiger partial charge in [-0.25, -0.2) is 8.42 Å². The predicted octanol–water partition coefficient (Wildman–Crippen LogP) is 1.62. The Bertz CT molecular complexity index is 845. The van der Waals surface area contributed by atoms with Crippen LogP contribution in [0.5, 0.6) is 0 Å². The van der Waals surface area contributed by atoms with Crippen LogP contribution in [0.2, 0.25) is 0 Å². The molecule has 0 aromatic heterocycles. The summed E-state index contributed by atoms with van der Waals surface area (Å²) < 4.78 is 27.6. The summed E-state index contributed by atoms with van der Waals surface area (Å²) in [5, 5.41) is 10.5. The van der Waals surface area contributed by atoms with E-state index in [9.17, 15) is 13.2 Å². The molecule has 1 heterocycles. The number of aliphatic carboxylic acids is 1. The number of benzene rings is 2. The van der Waals surface area contributed by atoms with E-state index in [-0.39, 0.29) is 6.54 Å². The summed E-state index contributed by atoms with van der Waals surface area (Å²) in [6, 6.07) is 12.7. The Balaban J connectivity index is 1.88. The van der Waals surface area contributed by atoms with Gasteiger partial charge in [0.05, 0.1) is 11.4 Å². The van der Waals surface area contributed by atoms with Crippen LogP contribution in [-0.2, 0) is 14.8 Å². The van der Waals surface area contributed by atoms with Crippen molar-refractivity contribution >= 4 is 26.8 Å². The van der Waals surface area contributed by atoms with Crippen molar-refractivity contribution in [1.29, 1.82) is 0 Å². The van der Waals surface area contributed by atoms with Gasteiger partial charge in [0.2, 0.25) is 10.0 Å². The van der Waals surface area contributed by atoms with Crippen molar-refractivity contribution in [3.05, 3.63) is 42.5 Å². The number of hydrogen-bond donors (Lipinski definition) is 1. The Morgan fingerprint density at radius 2 is 1.75 bits per heavy atom. The Labute approximate surface area is 141 Å². The predicted molar refractivity (Wildman–Crippen MR) is 91.4 cm³/mol. The molecule has 0 amide bonds. The fourth-order valence-corrected chi connectivity index (χ4v) is 4.78. The highest BCUT2D eigenvalue weighted by molar-refractivity contribution is 7.89. The van der Waals surface area contributed by atoms with Crippen LogP contribution in [0.3, 0.4) is 0 Å². The highest BCUT2D eigenvalue weighted by Gasteiger charge is 2.28. The van der Waals surface area contributed by atoms with Crippen LogP contribution in [0.15, 0.2) is 47.4 Å². The maximum Gasteiger partial charge on any atom is 0.317 e. The second kappa shape index (κ2) is 6.88. The number of hydrogen-bond acceptors (Lipinski definition) is 4. The number of rotatable bonds is 4. The summed E-state index contributed by atoms with van der Waals surface area (Å²) in [5.74, 6) is -0.889. The molecule has 7 heteroatoms. The van der Waals surface area contributed by atoms with E-state index >= 15 is 0 Å². The van der Waals surface area contributed by atoms with Gasteiger partial charge in [-0.2, -0.15) is 4.31 Å². The molecule has 0 bridgehead atoms. The molecular weight excluding hydrogens is 328 g/mol. The van der Waals surface area contributed by atoms with Crippen molar-refractivity contribution in [2.45, 2.75) is 11.3 Å². The topological polar surface area (TPSA) is 77.9 Å². The molecule has 1 aliphatic heterocycles. The molecule has 1 aliphatic rings. The standard InChI is InChI=1S/C17H20N2O4S/c20-17(21)13-18-9-4-10-19(12-11-18)24(22,23)16-8-3-6-14-5-1-2-7-15(14)16/h1-3,5-8H,4,9-13H2,(H,20,21). The zero-order valence-electron chi connectivity index (χ0n) is 13.3. The molecule has 1 saturated heterocycles. The number of sulfonamides is 1. The zero-order valence-corrected chi connectivity index (χ0v) is 14.1. The molecule has 3 rings (SSSR count). The lowest BCUT2D eigenvalue weighted by molar-refractivity contribution is -0.138. The van der Waals surface area contributed by atoms with Crippen LogP contribution in [0.4, 0.5) is 0 Å². The quantitative estimate of drug-likeness (QED) is 0.908. The third-order valence-electron chi connectivity index (χ3n) is 4.27.